The van der Waals surface area contributed by atoms with E-state index < -0.39 is 0 Å². The Morgan fingerprint density at radius 1 is 1.50 bits per heavy atom. The molecule has 1 atom stereocenters. The van der Waals surface area contributed by atoms with E-state index in [1.807, 2.05) is 7.05 Å². The molecule has 0 saturated heterocycles. The second-order valence-corrected chi connectivity index (χ2v) is 4.97. The van der Waals surface area contributed by atoms with Gasteiger partial charge in [-0.3, -0.25) is 10.3 Å². The normalized spacial score (nSPS) is 18.7. The Morgan fingerprint density at radius 2 is 2.22 bits per heavy atom. The molecule has 3 N–H and O–H groups in total. The van der Waals surface area contributed by atoms with Crippen LogP contribution in [-0.4, -0.2) is 29.5 Å². The van der Waals surface area contributed by atoms with E-state index in [1.165, 1.54) is 17.5 Å². The van der Waals surface area contributed by atoms with Gasteiger partial charge in [0, 0.05) is 19.6 Å². The topological polar surface area (TPSA) is 56.4 Å². The van der Waals surface area contributed by atoms with Crippen molar-refractivity contribution in [2.24, 2.45) is 5.73 Å². The van der Waals surface area contributed by atoms with Crippen molar-refractivity contribution in [3.8, 4) is 0 Å². The Hall–Kier alpha value is -1.55. The summed E-state index contributed by atoms with van der Waals surface area (Å²) in [6.07, 6.45) is 2.32. The van der Waals surface area contributed by atoms with Gasteiger partial charge in [-0.2, -0.15) is 0 Å². The van der Waals surface area contributed by atoms with Gasteiger partial charge in [-0.25, -0.2) is 0 Å². The van der Waals surface area contributed by atoms with Crippen LogP contribution in [0, 0.1) is 5.41 Å². The zero-order valence-electron chi connectivity index (χ0n) is 11.2. The highest BCUT2D eigenvalue weighted by molar-refractivity contribution is 5.74. The van der Waals surface area contributed by atoms with Crippen molar-refractivity contribution in [3.05, 3.63) is 35.4 Å². The maximum absolute atomic E-state index is 7.47. The third-order valence-corrected chi connectivity index (χ3v) is 3.60. The van der Waals surface area contributed by atoms with Crippen LogP contribution in [0.2, 0.25) is 0 Å². The van der Waals surface area contributed by atoms with Gasteiger partial charge in [0.05, 0.1) is 6.67 Å². The molecule has 0 aromatic heterocycles. The molecule has 0 saturated carbocycles. The molecule has 1 aromatic rings. The summed E-state index contributed by atoms with van der Waals surface area (Å²) in [4.78, 5) is 4.18. The zero-order valence-corrected chi connectivity index (χ0v) is 11.2. The molecule has 0 radical (unpaired) electrons. The van der Waals surface area contributed by atoms with Gasteiger partial charge in [0.1, 0.15) is 0 Å². The second-order valence-electron chi connectivity index (χ2n) is 4.97. The van der Waals surface area contributed by atoms with Crippen LogP contribution in [0.3, 0.4) is 0 Å². The first kappa shape index (κ1) is 12.9. The Morgan fingerprint density at radius 3 is 2.89 bits per heavy atom. The Kier molecular flexibility index (Phi) is 3.87. The Labute approximate surface area is 109 Å². The van der Waals surface area contributed by atoms with E-state index in [4.69, 9.17) is 11.1 Å². The molecule has 2 rings (SSSR count). The van der Waals surface area contributed by atoms with Gasteiger partial charge < -0.3 is 10.6 Å². The van der Waals surface area contributed by atoms with Crippen molar-refractivity contribution in [1.82, 2.24) is 9.80 Å². The standard InChI is InChI=1S/C14H22N4/c1-3-6-13-12-8-5-4-7-11(12)9-18(13)10-17(2)14(15)16/h4-5,7-8,13H,3,6,9-10H2,1-2H3,(H3,15,16). The molecule has 1 aromatic carbocycles. The summed E-state index contributed by atoms with van der Waals surface area (Å²) in [5.74, 6) is 0.126. The van der Waals surface area contributed by atoms with Crippen LogP contribution in [0.25, 0.3) is 0 Å². The molecule has 4 heteroatoms. The first-order valence-corrected chi connectivity index (χ1v) is 6.50. The van der Waals surface area contributed by atoms with Crippen LogP contribution < -0.4 is 5.73 Å². The summed E-state index contributed by atoms with van der Waals surface area (Å²) in [6.45, 7) is 3.89. The number of fused-ring (bicyclic) bond motifs is 1. The summed E-state index contributed by atoms with van der Waals surface area (Å²) >= 11 is 0. The highest BCUT2D eigenvalue weighted by Gasteiger charge is 2.29. The SMILES string of the molecule is CCCC1c2ccccc2CN1CN(C)C(=N)N. The number of rotatable bonds is 4. The van der Waals surface area contributed by atoms with Crippen molar-refractivity contribution >= 4 is 5.96 Å². The lowest BCUT2D eigenvalue weighted by Crippen LogP contribution is -2.41. The van der Waals surface area contributed by atoms with Crippen LogP contribution in [0.5, 0.6) is 0 Å². The van der Waals surface area contributed by atoms with E-state index in [2.05, 4.69) is 36.1 Å². The van der Waals surface area contributed by atoms with E-state index in [1.54, 1.807) is 4.90 Å². The minimum atomic E-state index is 0.126. The van der Waals surface area contributed by atoms with Crippen molar-refractivity contribution in [2.45, 2.75) is 32.4 Å². The third kappa shape index (κ3) is 2.48. The summed E-state index contributed by atoms with van der Waals surface area (Å²) in [7, 11) is 1.87. The number of nitrogens with two attached hydrogens (primary N) is 1. The summed E-state index contributed by atoms with van der Waals surface area (Å²) in [5, 5.41) is 7.47. The van der Waals surface area contributed by atoms with Crippen molar-refractivity contribution in [2.75, 3.05) is 13.7 Å². The summed E-state index contributed by atoms with van der Waals surface area (Å²) in [5.41, 5.74) is 8.37. The minimum Gasteiger partial charge on any atom is -0.370 e. The molecule has 0 spiro atoms. The quantitative estimate of drug-likeness (QED) is 0.632. The molecule has 1 aliphatic heterocycles. The molecule has 1 aliphatic rings. The maximum Gasteiger partial charge on any atom is 0.189 e. The Bertz CT molecular complexity index is 430. The van der Waals surface area contributed by atoms with Gasteiger partial charge in [0.15, 0.2) is 5.96 Å². The monoisotopic (exact) mass is 246 g/mol. The molecule has 0 bridgehead atoms. The number of benzene rings is 1. The van der Waals surface area contributed by atoms with Gasteiger partial charge in [-0.05, 0) is 17.5 Å². The fraction of sp³-hybridized carbons (Fsp3) is 0.500. The predicted molar refractivity (Wildman–Crippen MR) is 74.2 cm³/mol. The smallest absolute Gasteiger partial charge is 0.189 e. The lowest BCUT2D eigenvalue weighted by Gasteiger charge is -2.29. The van der Waals surface area contributed by atoms with E-state index in [-0.39, 0.29) is 5.96 Å². The number of guanidine groups is 1. The molecule has 18 heavy (non-hydrogen) atoms. The van der Waals surface area contributed by atoms with Gasteiger partial charge in [-0.1, -0.05) is 37.6 Å². The molecule has 1 heterocycles. The van der Waals surface area contributed by atoms with Crippen LogP contribution in [0.4, 0.5) is 0 Å². The highest BCUT2D eigenvalue weighted by atomic mass is 15.4. The summed E-state index contributed by atoms with van der Waals surface area (Å²) < 4.78 is 0. The lowest BCUT2D eigenvalue weighted by atomic mass is 10.0. The van der Waals surface area contributed by atoms with Crippen LogP contribution in [0.1, 0.15) is 36.9 Å². The molecular formula is C14H22N4. The maximum atomic E-state index is 7.47. The number of nitrogens with zero attached hydrogens (tertiary/aromatic N) is 2. The van der Waals surface area contributed by atoms with E-state index in [0.29, 0.717) is 12.7 Å². The molecule has 0 fully saturated rings. The van der Waals surface area contributed by atoms with Gasteiger partial charge in [-0.15, -0.1) is 0 Å². The molecule has 98 valence electrons. The van der Waals surface area contributed by atoms with Crippen LogP contribution >= 0.6 is 0 Å². The van der Waals surface area contributed by atoms with Crippen molar-refractivity contribution in [3.63, 3.8) is 0 Å². The van der Waals surface area contributed by atoms with Gasteiger partial charge in [0.25, 0.3) is 0 Å². The zero-order chi connectivity index (χ0) is 13.1. The minimum absolute atomic E-state index is 0.126. The van der Waals surface area contributed by atoms with Crippen molar-refractivity contribution < 1.29 is 0 Å². The van der Waals surface area contributed by atoms with E-state index in [9.17, 15) is 0 Å². The van der Waals surface area contributed by atoms with Crippen molar-refractivity contribution in [1.29, 1.82) is 5.41 Å². The fourth-order valence-electron chi connectivity index (χ4n) is 2.64. The van der Waals surface area contributed by atoms with E-state index in [0.717, 1.165) is 13.0 Å². The molecule has 0 aliphatic carbocycles. The molecule has 1 unspecified atom stereocenters. The number of hydrogen-bond acceptors (Lipinski definition) is 2. The van der Waals surface area contributed by atoms with E-state index >= 15 is 0 Å². The molecule has 4 nitrogen and oxygen atoms in total. The first-order chi connectivity index (χ1) is 8.63. The lowest BCUT2D eigenvalue weighted by molar-refractivity contribution is 0.148. The average molecular weight is 246 g/mol. The highest BCUT2D eigenvalue weighted by Crippen LogP contribution is 2.36. The predicted octanol–water partition coefficient (Wildman–Crippen LogP) is 2.13. The molecule has 0 amide bonds. The number of nitrogens with one attached hydrogen (secondary N) is 1. The summed E-state index contributed by atoms with van der Waals surface area (Å²) in [6, 6.07) is 9.10. The molecular weight excluding hydrogens is 224 g/mol. The van der Waals surface area contributed by atoms with Crippen LogP contribution in [-0.2, 0) is 6.54 Å². The fourth-order valence-corrected chi connectivity index (χ4v) is 2.64. The van der Waals surface area contributed by atoms with Gasteiger partial charge >= 0.3 is 0 Å². The third-order valence-electron chi connectivity index (χ3n) is 3.60. The number of hydrogen-bond donors (Lipinski definition) is 2. The largest absolute Gasteiger partial charge is 0.370 e. The van der Waals surface area contributed by atoms with Gasteiger partial charge in [0.2, 0.25) is 0 Å². The average Bonchev–Trinajstić information content (AvgIpc) is 2.68. The second kappa shape index (κ2) is 5.40. The van der Waals surface area contributed by atoms with Crippen LogP contribution in [0.15, 0.2) is 24.3 Å². The Balaban J connectivity index is 2.15. The first-order valence-electron chi connectivity index (χ1n) is 6.50.